The lowest BCUT2D eigenvalue weighted by Crippen LogP contribution is -1.96. The van der Waals surface area contributed by atoms with Crippen LogP contribution in [0.4, 0.5) is 5.69 Å². The van der Waals surface area contributed by atoms with Gasteiger partial charge >= 0.3 is 5.97 Å². The second-order valence-electron chi connectivity index (χ2n) is 3.98. The Hall–Kier alpha value is -3.40. The maximum atomic E-state index is 10.7. The molecule has 0 fully saturated rings. The quantitative estimate of drug-likeness (QED) is 0.682. The summed E-state index contributed by atoms with van der Waals surface area (Å²) < 4.78 is 5.42. The molecule has 7 nitrogen and oxygen atoms in total. The van der Waals surface area contributed by atoms with Crippen LogP contribution >= 0.6 is 0 Å². The predicted octanol–water partition coefficient (Wildman–Crippen LogP) is 2.96. The van der Waals surface area contributed by atoms with Crippen LogP contribution in [0.5, 0.6) is 11.5 Å². The second kappa shape index (κ2) is 5.71. The summed E-state index contributed by atoms with van der Waals surface area (Å²) in [6.07, 6.45) is 0. The van der Waals surface area contributed by atoms with E-state index in [0.29, 0.717) is 5.75 Å². The molecule has 1 N–H and O–H groups in total. The summed E-state index contributed by atoms with van der Waals surface area (Å²) in [4.78, 5) is 20.8. The molecule has 0 aliphatic carbocycles. The first-order valence-corrected chi connectivity index (χ1v) is 5.71. The summed E-state index contributed by atoms with van der Waals surface area (Å²) >= 11 is 0. The Bertz CT molecular complexity index is 747. The number of nitro groups is 1. The second-order valence-corrected chi connectivity index (χ2v) is 3.98. The molecule has 0 spiro atoms. The summed E-state index contributed by atoms with van der Waals surface area (Å²) in [6.45, 7) is 0. The highest BCUT2D eigenvalue weighted by Crippen LogP contribution is 2.27. The van der Waals surface area contributed by atoms with Crippen LogP contribution in [0.2, 0.25) is 0 Å². The van der Waals surface area contributed by atoms with Gasteiger partial charge in [0.2, 0.25) is 0 Å². The van der Waals surface area contributed by atoms with Gasteiger partial charge in [0, 0.05) is 12.1 Å². The van der Waals surface area contributed by atoms with Gasteiger partial charge in [-0.1, -0.05) is 0 Å². The fraction of sp³-hybridized carbons (Fsp3) is 0. The summed E-state index contributed by atoms with van der Waals surface area (Å²) in [5.74, 6) is -0.443. The Morgan fingerprint density at radius 1 is 1.19 bits per heavy atom. The number of nitriles is 1. The minimum absolute atomic E-state index is 0.111. The zero-order valence-corrected chi connectivity index (χ0v) is 10.5. The lowest BCUT2D eigenvalue weighted by atomic mass is 10.2. The van der Waals surface area contributed by atoms with Gasteiger partial charge in [0.1, 0.15) is 23.1 Å². The van der Waals surface area contributed by atoms with Gasteiger partial charge in [-0.3, -0.25) is 10.1 Å². The first kappa shape index (κ1) is 14.0. The normalized spacial score (nSPS) is 9.67. The number of ether oxygens (including phenoxy) is 1. The van der Waals surface area contributed by atoms with E-state index in [1.807, 2.05) is 0 Å². The number of rotatable bonds is 4. The van der Waals surface area contributed by atoms with Crippen molar-refractivity contribution in [1.82, 2.24) is 0 Å². The van der Waals surface area contributed by atoms with E-state index in [1.54, 1.807) is 6.07 Å². The molecule has 2 rings (SSSR count). The van der Waals surface area contributed by atoms with E-state index < -0.39 is 10.9 Å². The molecular weight excluding hydrogens is 276 g/mol. The van der Waals surface area contributed by atoms with Crippen molar-refractivity contribution in [1.29, 1.82) is 5.26 Å². The molecule has 21 heavy (non-hydrogen) atoms. The van der Waals surface area contributed by atoms with E-state index in [2.05, 4.69) is 0 Å². The minimum atomic E-state index is -1.05. The Morgan fingerprint density at radius 3 is 2.33 bits per heavy atom. The smallest absolute Gasteiger partial charge is 0.335 e. The predicted molar refractivity (Wildman–Crippen MR) is 71.3 cm³/mol. The number of nitrogens with zero attached hydrogens (tertiary/aromatic N) is 2. The summed E-state index contributed by atoms with van der Waals surface area (Å²) in [6, 6.07) is 11.2. The molecule has 0 aliphatic rings. The van der Waals surface area contributed by atoms with Crippen molar-refractivity contribution < 1.29 is 19.6 Å². The fourth-order valence-electron chi connectivity index (χ4n) is 1.63. The van der Waals surface area contributed by atoms with E-state index in [9.17, 15) is 14.9 Å². The van der Waals surface area contributed by atoms with E-state index in [-0.39, 0.29) is 22.6 Å². The lowest BCUT2D eigenvalue weighted by molar-refractivity contribution is -0.385. The van der Waals surface area contributed by atoms with Gasteiger partial charge < -0.3 is 9.84 Å². The average molecular weight is 284 g/mol. The van der Waals surface area contributed by atoms with Crippen molar-refractivity contribution in [2.24, 2.45) is 0 Å². The Morgan fingerprint density at radius 2 is 1.81 bits per heavy atom. The largest absolute Gasteiger partial charge is 0.478 e. The van der Waals surface area contributed by atoms with E-state index in [0.717, 1.165) is 0 Å². The zero-order chi connectivity index (χ0) is 15.4. The molecule has 7 heteroatoms. The molecule has 0 amide bonds. The topological polar surface area (TPSA) is 113 Å². The van der Waals surface area contributed by atoms with Gasteiger partial charge in [0.25, 0.3) is 5.69 Å². The third-order valence-corrected chi connectivity index (χ3v) is 2.62. The van der Waals surface area contributed by atoms with Crippen LogP contribution in [-0.4, -0.2) is 16.0 Å². The third-order valence-electron chi connectivity index (χ3n) is 2.62. The number of hydrogen-bond acceptors (Lipinski definition) is 5. The molecule has 0 saturated carbocycles. The van der Waals surface area contributed by atoms with Crippen LogP contribution in [0.25, 0.3) is 0 Å². The number of nitro benzene ring substituents is 1. The molecule has 0 saturated heterocycles. The highest BCUT2D eigenvalue weighted by Gasteiger charge is 2.14. The number of aromatic carboxylic acids is 1. The SMILES string of the molecule is N#Cc1cc(Oc2ccc(C(=O)O)cc2)ccc1[N+](=O)[O-]. The van der Waals surface area contributed by atoms with Crippen molar-refractivity contribution in [3.63, 3.8) is 0 Å². The first-order chi connectivity index (χ1) is 10.0. The average Bonchev–Trinajstić information content (AvgIpc) is 2.47. The lowest BCUT2D eigenvalue weighted by Gasteiger charge is -2.06. The highest BCUT2D eigenvalue weighted by molar-refractivity contribution is 5.87. The maximum Gasteiger partial charge on any atom is 0.335 e. The third kappa shape index (κ3) is 3.13. The maximum absolute atomic E-state index is 10.7. The fourth-order valence-corrected chi connectivity index (χ4v) is 1.63. The monoisotopic (exact) mass is 284 g/mol. The Kier molecular flexibility index (Phi) is 3.81. The van der Waals surface area contributed by atoms with Gasteiger partial charge in [0.05, 0.1) is 10.5 Å². The van der Waals surface area contributed by atoms with Crippen LogP contribution in [0.3, 0.4) is 0 Å². The van der Waals surface area contributed by atoms with E-state index in [4.69, 9.17) is 15.1 Å². The molecular formula is C14H8N2O5. The number of carbonyl (C=O) groups is 1. The molecule has 0 radical (unpaired) electrons. The van der Waals surface area contributed by atoms with Gasteiger partial charge in [-0.05, 0) is 30.3 Å². The molecule has 104 valence electrons. The first-order valence-electron chi connectivity index (χ1n) is 5.71. The number of carboxylic acids is 1. The van der Waals surface area contributed by atoms with Crippen molar-refractivity contribution in [2.75, 3.05) is 0 Å². The molecule has 0 atom stereocenters. The zero-order valence-electron chi connectivity index (χ0n) is 10.5. The molecule has 0 unspecified atom stereocenters. The van der Waals surface area contributed by atoms with Gasteiger partial charge in [-0.2, -0.15) is 5.26 Å². The summed E-state index contributed by atoms with van der Waals surface area (Å²) in [5, 5.41) is 28.4. The Labute approximate surface area is 118 Å². The van der Waals surface area contributed by atoms with Crippen LogP contribution < -0.4 is 4.74 Å². The number of carboxylic acid groups (broad SMARTS) is 1. The summed E-state index contributed by atoms with van der Waals surface area (Å²) in [5.41, 5.74) is -0.297. The van der Waals surface area contributed by atoms with E-state index in [1.165, 1.54) is 42.5 Å². The van der Waals surface area contributed by atoms with Crippen molar-refractivity contribution in [2.45, 2.75) is 0 Å². The van der Waals surface area contributed by atoms with Crippen molar-refractivity contribution >= 4 is 11.7 Å². The number of benzene rings is 2. The highest BCUT2D eigenvalue weighted by atomic mass is 16.6. The van der Waals surface area contributed by atoms with Gasteiger partial charge in [-0.25, -0.2) is 4.79 Å². The Balaban J connectivity index is 2.26. The number of hydrogen-bond donors (Lipinski definition) is 1. The van der Waals surface area contributed by atoms with E-state index >= 15 is 0 Å². The molecule has 2 aromatic carbocycles. The van der Waals surface area contributed by atoms with Crippen LogP contribution in [-0.2, 0) is 0 Å². The van der Waals surface area contributed by atoms with Crippen molar-refractivity contribution in [3.8, 4) is 17.6 Å². The molecule has 0 aliphatic heterocycles. The van der Waals surface area contributed by atoms with Crippen LogP contribution in [0.1, 0.15) is 15.9 Å². The molecule has 0 bridgehead atoms. The van der Waals surface area contributed by atoms with Crippen LogP contribution in [0, 0.1) is 21.4 Å². The van der Waals surface area contributed by atoms with Gasteiger partial charge in [-0.15, -0.1) is 0 Å². The van der Waals surface area contributed by atoms with Crippen molar-refractivity contribution in [3.05, 3.63) is 63.7 Å². The van der Waals surface area contributed by atoms with Gasteiger partial charge in [0.15, 0.2) is 0 Å². The standard InChI is InChI=1S/C14H8N2O5/c15-8-10-7-12(5-6-13(10)16(19)20)21-11-3-1-9(2-4-11)14(17)18/h1-7H,(H,17,18). The molecule has 0 heterocycles. The minimum Gasteiger partial charge on any atom is -0.478 e. The summed E-state index contributed by atoms with van der Waals surface area (Å²) in [7, 11) is 0. The van der Waals surface area contributed by atoms with Crippen LogP contribution in [0.15, 0.2) is 42.5 Å². The molecule has 2 aromatic rings. The molecule has 0 aromatic heterocycles.